The molecule has 3 heteroatoms. The molecule has 1 unspecified atom stereocenters. The molecule has 52 valence electrons. The van der Waals surface area contributed by atoms with Gasteiger partial charge in [-0.1, -0.05) is 22.0 Å². The average molecular weight is 212 g/mol. The molecule has 0 aromatic carbocycles. The van der Waals surface area contributed by atoms with Crippen molar-refractivity contribution in [1.29, 1.82) is 0 Å². The average Bonchev–Trinajstić information content (AvgIpc) is 1.90. The zero-order valence-electron chi connectivity index (χ0n) is 7.92. The van der Waals surface area contributed by atoms with E-state index in [4.69, 9.17) is 0 Å². The second-order valence-electron chi connectivity index (χ2n) is 1.87. The van der Waals surface area contributed by atoms with Crippen LogP contribution in [-0.4, -0.2) is 28.0 Å². The van der Waals surface area contributed by atoms with E-state index in [0.717, 1.165) is 5.69 Å². The molecule has 1 nitrogen and oxygen atoms in total. The first-order valence-corrected chi connectivity index (χ1v) is 3.77. The van der Waals surface area contributed by atoms with E-state index in [2.05, 4.69) is 27.8 Å². The normalized spacial score (nSPS) is 11.8. The van der Waals surface area contributed by atoms with Gasteiger partial charge in [0.2, 0.25) is 0 Å². The predicted octanol–water partition coefficient (Wildman–Crippen LogP) is 2.38. The van der Waals surface area contributed by atoms with Crippen LogP contribution in [0, 0.1) is 0 Å². The van der Waals surface area contributed by atoms with Crippen LogP contribution in [0.2, 0.25) is 0 Å². The quantitative estimate of drug-likeness (QED) is 0.514. The zero-order valence-corrected chi connectivity index (χ0v) is 8.92. The molecular weight excluding hydrogens is 202 g/mol. The summed E-state index contributed by atoms with van der Waals surface area (Å²) in [5, 5.41) is 0. The second kappa shape index (κ2) is 5.10. The van der Waals surface area contributed by atoms with Gasteiger partial charge < -0.3 is 2.85 Å². The van der Waals surface area contributed by atoms with Crippen molar-refractivity contribution in [2.45, 2.75) is 11.8 Å². The van der Waals surface area contributed by atoms with Gasteiger partial charge >= 0.3 is 23.1 Å². The van der Waals surface area contributed by atoms with Crippen LogP contribution in [0.1, 0.15) is 20.3 Å². The molecule has 0 aliphatic carbocycles. The first kappa shape index (κ1) is 10.4. The summed E-state index contributed by atoms with van der Waals surface area (Å²) in [5.41, 5.74) is 1.08. The third-order valence-electron chi connectivity index (χ3n) is 1.10. The third-order valence-corrected chi connectivity index (χ3v) is 1.56. The van der Waals surface area contributed by atoms with E-state index in [1.807, 2.05) is 18.2 Å². The standard InChI is InChI=1S/C7H8BrN.Mg.2H/c1-6(8)7-4-2-3-5-9-7;;;/h2-6H,1H3;;;/q;+2;2*-1. The van der Waals surface area contributed by atoms with E-state index >= 15 is 0 Å². The van der Waals surface area contributed by atoms with Crippen LogP contribution in [0.25, 0.3) is 0 Å². The molecule has 0 radical (unpaired) electrons. The maximum Gasteiger partial charge on any atom is 2.00 e. The number of hydrogen-bond acceptors (Lipinski definition) is 1. The van der Waals surface area contributed by atoms with Gasteiger partial charge in [0, 0.05) is 6.20 Å². The molecule has 0 aliphatic heterocycles. The van der Waals surface area contributed by atoms with Crippen molar-refractivity contribution in [3.8, 4) is 0 Å². The maximum absolute atomic E-state index is 4.13. The van der Waals surface area contributed by atoms with Gasteiger partial charge in [-0.2, -0.15) is 0 Å². The van der Waals surface area contributed by atoms with Gasteiger partial charge in [0.1, 0.15) is 0 Å². The number of pyridine rings is 1. The Kier molecular flexibility index (Phi) is 5.30. The minimum absolute atomic E-state index is 0. The Balaban J connectivity index is -0.000000270. The van der Waals surface area contributed by atoms with Gasteiger partial charge in [0.05, 0.1) is 10.5 Å². The third kappa shape index (κ3) is 2.99. The summed E-state index contributed by atoms with van der Waals surface area (Å²) in [7, 11) is 0. The van der Waals surface area contributed by atoms with Crippen LogP contribution in [0.4, 0.5) is 0 Å². The molecule has 0 N–H and O–H groups in total. The van der Waals surface area contributed by atoms with Crippen molar-refractivity contribution >= 4 is 39.0 Å². The van der Waals surface area contributed by atoms with Crippen molar-refractivity contribution in [3.05, 3.63) is 30.1 Å². The summed E-state index contributed by atoms with van der Waals surface area (Å²) in [4.78, 5) is 4.49. The Morgan fingerprint density at radius 3 is 2.60 bits per heavy atom. The van der Waals surface area contributed by atoms with Gasteiger partial charge in [-0.15, -0.1) is 0 Å². The minimum Gasteiger partial charge on any atom is -1.00 e. The SMILES string of the molecule is CC(Br)c1ccccn1.[H-].[H-].[Mg+2]. The van der Waals surface area contributed by atoms with E-state index in [1.165, 1.54) is 0 Å². The van der Waals surface area contributed by atoms with E-state index in [0.29, 0.717) is 4.83 Å². The molecule has 0 bridgehead atoms. The van der Waals surface area contributed by atoms with Gasteiger partial charge in [0.25, 0.3) is 0 Å². The Morgan fingerprint density at radius 1 is 1.60 bits per heavy atom. The van der Waals surface area contributed by atoms with Crippen LogP contribution in [0.3, 0.4) is 0 Å². The van der Waals surface area contributed by atoms with E-state index in [9.17, 15) is 0 Å². The van der Waals surface area contributed by atoms with Crippen LogP contribution < -0.4 is 0 Å². The van der Waals surface area contributed by atoms with E-state index in [1.54, 1.807) is 6.20 Å². The number of hydrogen-bond donors (Lipinski definition) is 0. The molecule has 1 aromatic rings. The van der Waals surface area contributed by atoms with E-state index in [-0.39, 0.29) is 25.9 Å². The molecule has 0 saturated carbocycles. The molecule has 0 aliphatic rings. The number of nitrogens with zero attached hydrogens (tertiary/aromatic N) is 1. The molecule has 0 spiro atoms. The van der Waals surface area contributed by atoms with Crippen molar-refractivity contribution in [2.75, 3.05) is 0 Å². The van der Waals surface area contributed by atoms with Gasteiger partial charge in [0.15, 0.2) is 0 Å². The van der Waals surface area contributed by atoms with Crippen molar-refractivity contribution in [2.24, 2.45) is 0 Å². The zero-order chi connectivity index (χ0) is 6.69. The Labute approximate surface area is 88.5 Å². The fourth-order valence-electron chi connectivity index (χ4n) is 0.611. The fourth-order valence-corrected chi connectivity index (χ4v) is 0.882. The monoisotopic (exact) mass is 211 g/mol. The summed E-state index contributed by atoms with van der Waals surface area (Å²) in [5.74, 6) is 0. The Bertz CT molecular complexity index is 184. The summed E-state index contributed by atoms with van der Waals surface area (Å²) >= 11 is 3.42. The maximum atomic E-state index is 4.13. The second-order valence-corrected chi connectivity index (χ2v) is 3.24. The van der Waals surface area contributed by atoms with Gasteiger partial charge in [-0.3, -0.25) is 4.98 Å². The first-order valence-electron chi connectivity index (χ1n) is 2.85. The van der Waals surface area contributed by atoms with Crippen molar-refractivity contribution in [3.63, 3.8) is 0 Å². The molecule has 1 atom stereocenters. The topological polar surface area (TPSA) is 12.9 Å². The van der Waals surface area contributed by atoms with E-state index < -0.39 is 0 Å². The van der Waals surface area contributed by atoms with Crippen LogP contribution in [0.15, 0.2) is 24.4 Å². The molecule has 1 aromatic heterocycles. The predicted molar refractivity (Wildman–Crippen MR) is 49.6 cm³/mol. The van der Waals surface area contributed by atoms with Crippen molar-refractivity contribution < 1.29 is 2.85 Å². The minimum atomic E-state index is 0. The Morgan fingerprint density at radius 2 is 2.30 bits per heavy atom. The molecule has 0 saturated heterocycles. The summed E-state index contributed by atoms with van der Waals surface area (Å²) in [6, 6.07) is 5.90. The largest absolute Gasteiger partial charge is 2.00 e. The summed E-state index contributed by atoms with van der Waals surface area (Å²) in [6.45, 7) is 2.06. The molecule has 1 rings (SSSR count). The van der Waals surface area contributed by atoms with Crippen LogP contribution in [0.5, 0.6) is 0 Å². The van der Waals surface area contributed by atoms with Crippen LogP contribution >= 0.6 is 15.9 Å². The number of halogens is 1. The summed E-state index contributed by atoms with van der Waals surface area (Å²) < 4.78 is 0. The first-order chi connectivity index (χ1) is 4.30. The summed E-state index contributed by atoms with van der Waals surface area (Å²) in [6.07, 6.45) is 1.80. The fraction of sp³-hybridized carbons (Fsp3) is 0.286. The number of alkyl halides is 1. The number of aromatic nitrogens is 1. The number of rotatable bonds is 1. The molecule has 10 heavy (non-hydrogen) atoms. The van der Waals surface area contributed by atoms with Crippen LogP contribution in [-0.2, 0) is 0 Å². The Hall–Kier alpha value is 0.396. The van der Waals surface area contributed by atoms with Gasteiger partial charge in [-0.25, -0.2) is 0 Å². The molecular formula is C7H10BrMgN. The van der Waals surface area contributed by atoms with Crippen molar-refractivity contribution in [1.82, 2.24) is 4.98 Å². The molecule has 0 amide bonds. The smallest absolute Gasteiger partial charge is 1.00 e. The van der Waals surface area contributed by atoms with Gasteiger partial charge in [-0.05, 0) is 19.1 Å². The molecule has 1 heterocycles. The molecule has 0 fully saturated rings.